The van der Waals surface area contributed by atoms with Crippen LogP contribution in [0.2, 0.25) is 5.02 Å². The topological polar surface area (TPSA) is 75.7 Å². The van der Waals surface area contributed by atoms with Crippen molar-refractivity contribution < 1.29 is 17.9 Å². The van der Waals surface area contributed by atoms with Crippen molar-refractivity contribution in [1.29, 1.82) is 0 Å². The van der Waals surface area contributed by atoms with E-state index in [1.54, 1.807) is 48.5 Å². The number of hydrogen-bond donors (Lipinski definition) is 1. The van der Waals surface area contributed by atoms with Crippen LogP contribution in [-0.4, -0.2) is 34.0 Å². The van der Waals surface area contributed by atoms with E-state index >= 15 is 0 Å². The van der Waals surface area contributed by atoms with Gasteiger partial charge in [-0.3, -0.25) is 9.10 Å². The van der Waals surface area contributed by atoms with Crippen LogP contribution in [0.1, 0.15) is 12.5 Å². The van der Waals surface area contributed by atoms with E-state index < -0.39 is 15.9 Å². The van der Waals surface area contributed by atoms with Crippen LogP contribution in [-0.2, 0) is 21.2 Å². The largest absolute Gasteiger partial charge is 0.492 e. The fourth-order valence-corrected chi connectivity index (χ4v) is 5.42. The molecule has 0 radical (unpaired) electrons. The molecular formula is C24H23ClN2O4S. The standard InChI is InChI=1S/C24H23ClN2O4S/c1-2-17-7-12-22-21(15-17)20-5-3-4-6-23(20)32(29,30)27(22)16-24(28)26-13-14-31-19-10-8-18(25)9-11-19/h3-12,15H,2,13-14,16H2,1H3,(H,26,28). The van der Waals surface area contributed by atoms with Gasteiger partial charge in [0.05, 0.1) is 17.1 Å². The number of anilines is 1. The maximum Gasteiger partial charge on any atom is 0.265 e. The van der Waals surface area contributed by atoms with Crippen molar-refractivity contribution in [3.63, 3.8) is 0 Å². The van der Waals surface area contributed by atoms with Crippen LogP contribution >= 0.6 is 11.6 Å². The van der Waals surface area contributed by atoms with E-state index in [9.17, 15) is 13.2 Å². The Balaban J connectivity index is 1.49. The molecule has 0 aromatic heterocycles. The molecule has 0 saturated heterocycles. The van der Waals surface area contributed by atoms with Crippen LogP contribution in [0.3, 0.4) is 0 Å². The highest BCUT2D eigenvalue weighted by Gasteiger charge is 2.35. The minimum atomic E-state index is -3.86. The van der Waals surface area contributed by atoms with E-state index in [0.717, 1.165) is 17.5 Å². The number of benzene rings is 3. The summed E-state index contributed by atoms with van der Waals surface area (Å²) in [6, 6.07) is 19.5. The van der Waals surface area contributed by atoms with Crippen LogP contribution in [0, 0.1) is 0 Å². The summed E-state index contributed by atoms with van der Waals surface area (Å²) in [4.78, 5) is 12.8. The molecule has 3 aromatic rings. The molecule has 6 nitrogen and oxygen atoms in total. The zero-order valence-electron chi connectivity index (χ0n) is 17.5. The number of nitrogens with zero attached hydrogens (tertiary/aromatic N) is 1. The van der Waals surface area contributed by atoms with Crippen molar-refractivity contribution in [3.05, 3.63) is 77.3 Å². The van der Waals surface area contributed by atoms with Crippen molar-refractivity contribution >= 4 is 33.2 Å². The molecule has 0 unspecified atom stereocenters. The third-order valence-electron chi connectivity index (χ3n) is 5.28. The van der Waals surface area contributed by atoms with E-state index in [0.29, 0.717) is 22.0 Å². The maximum absolute atomic E-state index is 13.3. The molecule has 1 aliphatic rings. The van der Waals surface area contributed by atoms with Crippen LogP contribution in [0.5, 0.6) is 5.75 Å². The summed E-state index contributed by atoms with van der Waals surface area (Å²) in [7, 11) is -3.86. The lowest BCUT2D eigenvalue weighted by Crippen LogP contribution is -2.43. The van der Waals surface area contributed by atoms with Gasteiger partial charge in [0, 0.05) is 16.1 Å². The first kappa shape index (κ1) is 22.2. The molecule has 1 N–H and O–H groups in total. The Morgan fingerprint density at radius 1 is 1.03 bits per heavy atom. The quantitative estimate of drug-likeness (QED) is 0.523. The number of aryl methyl sites for hydroxylation is 1. The predicted molar refractivity (Wildman–Crippen MR) is 126 cm³/mol. The Hall–Kier alpha value is -3.03. The van der Waals surface area contributed by atoms with Crippen LogP contribution in [0.25, 0.3) is 11.1 Å². The van der Waals surface area contributed by atoms with Gasteiger partial charge in [-0.05, 0) is 54.4 Å². The number of carbonyl (C=O) groups is 1. The molecule has 3 aromatic carbocycles. The van der Waals surface area contributed by atoms with Crippen LogP contribution < -0.4 is 14.4 Å². The van der Waals surface area contributed by atoms with E-state index in [4.69, 9.17) is 16.3 Å². The van der Waals surface area contributed by atoms with Gasteiger partial charge >= 0.3 is 0 Å². The predicted octanol–water partition coefficient (Wildman–Crippen LogP) is 4.27. The molecule has 0 saturated carbocycles. The lowest BCUT2D eigenvalue weighted by molar-refractivity contribution is -0.119. The maximum atomic E-state index is 13.3. The van der Waals surface area contributed by atoms with Crippen LogP contribution in [0.4, 0.5) is 5.69 Å². The van der Waals surface area contributed by atoms with Crippen molar-refractivity contribution in [3.8, 4) is 16.9 Å². The summed E-state index contributed by atoms with van der Waals surface area (Å²) in [6.45, 7) is 2.23. The van der Waals surface area contributed by atoms with Crippen molar-refractivity contribution in [2.24, 2.45) is 0 Å². The number of carbonyl (C=O) groups excluding carboxylic acids is 1. The van der Waals surface area contributed by atoms with Gasteiger partial charge in [0.2, 0.25) is 5.91 Å². The Bertz CT molecular complexity index is 1240. The molecule has 0 fully saturated rings. The molecule has 166 valence electrons. The minimum absolute atomic E-state index is 0.208. The van der Waals surface area contributed by atoms with Crippen molar-refractivity contribution in [2.45, 2.75) is 18.2 Å². The highest BCUT2D eigenvalue weighted by atomic mass is 35.5. The fraction of sp³-hybridized carbons (Fsp3) is 0.208. The number of nitrogens with one attached hydrogen (secondary N) is 1. The SMILES string of the molecule is CCc1ccc2c(c1)-c1ccccc1S(=O)(=O)N2CC(=O)NCCOc1ccc(Cl)cc1. The lowest BCUT2D eigenvalue weighted by Gasteiger charge is -2.32. The molecule has 32 heavy (non-hydrogen) atoms. The Labute approximate surface area is 192 Å². The summed E-state index contributed by atoms with van der Waals surface area (Å²) in [5, 5.41) is 3.34. The first-order valence-electron chi connectivity index (χ1n) is 10.3. The third kappa shape index (κ3) is 4.45. The third-order valence-corrected chi connectivity index (χ3v) is 7.35. The van der Waals surface area contributed by atoms with Gasteiger partial charge in [-0.2, -0.15) is 0 Å². The zero-order chi connectivity index (χ0) is 22.7. The minimum Gasteiger partial charge on any atom is -0.492 e. The molecule has 0 aliphatic carbocycles. The summed E-state index contributed by atoms with van der Waals surface area (Å²) in [5.41, 5.74) is 3.08. The van der Waals surface area contributed by atoms with Crippen LogP contribution in [0.15, 0.2) is 71.6 Å². The van der Waals surface area contributed by atoms with E-state index in [1.807, 2.05) is 25.1 Å². The summed E-state index contributed by atoms with van der Waals surface area (Å²) >= 11 is 5.85. The Morgan fingerprint density at radius 3 is 2.53 bits per heavy atom. The lowest BCUT2D eigenvalue weighted by atomic mass is 9.99. The van der Waals surface area contributed by atoms with Crippen molar-refractivity contribution in [1.82, 2.24) is 5.32 Å². The molecule has 0 atom stereocenters. The average molecular weight is 471 g/mol. The molecule has 1 amide bonds. The number of sulfonamides is 1. The first-order valence-corrected chi connectivity index (χ1v) is 12.1. The zero-order valence-corrected chi connectivity index (χ0v) is 19.1. The Kier molecular flexibility index (Phi) is 6.39. The van der Waals surface area contributed by atoms with Gasteiger partial charge in [0.25, 0.3) is 10.0 Å². The Morgan fingerprint density at radius 2 is 1.78 bits per heavy atom. The molecule has 8 heteroatoms. The van der Waals surface area contributed by atoms with Gasteiger partial charge in [-0.25, -0.2) is 8.42 Å². The average Bonchev–Trinajstić information content (AvgIpc) is 2.80. The van der Waals surface area contributed by atoms with E-state index in [1.165, 1.54) is 4.31 Å². The van der Waals surface area contributed by atoms with E-state index in [2.05, 4.69) is 5.32 Å². The second-order valence-corrected chi connectivity index (χ2v) is 9.63. The van der Waals surface area contributed by atoms with Crippen molar-refractivity contribution in [2.75, 3.05) is 24.0 Å². The first-order chi connectivity index (χ1) is 15.4. The second kappa shape index (κ2) is 9.22. The number of rotatable bonds is 7. The van der Waals surface area contributed by atoms with E-state index in [-0.39, 0.29) is 24.6 Å². The second-order valence-electron chi connectivity index (χ2n) is 7.37. The molecule has 1 aliphatic heterocycles. The number of amides is 1. The molecule has 4 rings (SSSR count). The fourth-order valence-electron chi connectivity index (χ4n) is 3.65. The number of hydrogen-bond acceptors (Lipinski definition) is 4. The van der Waals surface area contributed by atoms with Gasteiger partial charge in [-0.15, -0.1) is 0 Å². The summed E-state index contributed by atoms with van der Waals surface area (Å²) in [5.74, 6) is 0.234. The highest BCUT2D eigenvalue weighted by molar-refractivity contribution is 7.93. The monoisotopic (exact) mass is 470 g/mol. The van der Waals surface area contributed by atoms with Gasteiger partial charge < -0.3 is 10.1 Å². The van der Waals surface area contributed by atoms with Gasteiger partial charge in [-0.1, -0.05) is 42.8 Å². The van der Waals surface area contributed by atoms with Gasteiger partial charge in [0.15, 0.2) is 0 Å². The number of ether oxygens (including phenoxy) is 1. The number of fused-ring (bicyclic) bond motifs is 3. The summed E-state index contributed by atoms with van der Waals surface area (Å²) < 4.78 is 33.4. The highest BCUT2D eigenvalue weighted by Crippen LogP contribution is 2.43. The number of halogens is 1. The molecule has 0 bridgehead atoms. The molecular weight excluding hydrogens is 448 g/mol. The van der Waals surface area contributed by atoms with Gasteiger partial charge in [0.1, 0.15) is 18.9 Å². The summed E-state index contributed by atoms with van der Waals surface area (Å²) in [6.07, 6.45) is 0.830. The molecule has 0 spiro atoms. The normalized spacial score (nSPS) is 13.8. The molecule has 1 heterocycles. The smallest absolute Gasteiger partial charge is 0.265 e.